The molecule has 0 heterocycles. The van der Waals surface area contributed by atoms with Crippen LogP contribution in [0.2, 0.25) is 0 Å². The summed E-state index contributed by atoms with van der Waals surface area (Å²) in [5, 5.41) is 0. The Morgan fingerprint density at radius 2 is 1.73 bits per heavy atom. The van der Waals surface area contributed by atoms with E-state index in [-0.39, 0.29) is 9.90 Å². The van der Waals surface area contributed by atoms with Gasteiger partial charge >= 0.3 is 0 Å². The fourth-order valence-corrected chi connectivity index (χ4v) is 1.03. The van der Waals surface area contributed by atoms with Crippen LogP contribution in [0.3, 0.4) is 0 Å². The van der Waals surface area contributed by atoms with E-state index in [9.17, 15) is 0 Å². The predicted molar refractivity (Wildman–Crippen MR) is 56.2 cm³/mol. The molecule has 1 aromatic rings. The summed E-state index contributed by atoms with van der Waals surface area (Å²) in [5.41, 5.74) is 1.46. The molecule has 11 heavy (non-hydrogen) atoms. The predicted octanol–water partition coefficient (Wildman–Crippen LogP) is 3.09. The van der Waals surface area contributed by atoms with Crippen LogP contribution in [0.4, 0.5) is 0 Å². The van der Waals surface area contributed by atoms with E-state index in [1.165, 1.54) is 24.8 Å². The molecule has 0 nitrogen and oxygen atoms in total. The zero-order valence-corrected chi connectivity index (χ0v) is 8.63. The van der Waals surface area contributed by atoms with Crippen molar-refractivity contribution in [3.8, 4) is 0 Å². The van der Waals surface area contributed by atoms with E-state index in [4.69, 9.17) is 0 Å². The van der Waals surface area contributed by atoms with Crippen LogP contribution in [-0.4, -0.2) is 0 Å². The van der Waals surface area contributed by atoms with Gasteiger partial charge in [-0.05, 0) is 18.4 Å². The molecule has 1 atom stereocenters. The number of rotatable bonds is 3. The van der Waals surface area contributed by atoms with Crippen molar-refractivity contribution in [2.45, 2.75) is 26.2 Å². The molecule has 0 amide bonds. The molecule has 1 aromatic carbocycles. The molecule has 0 saturated carbocycles. The molecule has 62 valence electrons. The molecule has 0 bridgehead atoms. The molecular weight excluding hydrogens is 151 g/mol. The third-order valence-corrected chi connectivity index (χ3v) is 1.66. The third-order valence-electron chi connectivity index (χ3n) is 1.66. The average molecular weight is 168 g/mol. The summed E-state index contributed by atoms with van der Waals surface area (Å²) in [4.78, 5) is 0. The van der Waals surface area contributed by atoms with Crippen LogP contribution in [0.25, 0.3) is 0 Å². The normalized spacial score (nSPS) is 8.82. The van der Waals surface area contributed by atoms with E-state index < -0.39 is 0 Å². The minimum atomic E-state index is 0. The van der Waals surface area contributed by atoms with Gasteiger partial charge in [-0.1, -0.05) is 43.7 Å². The zero-order chi connectivity index (χ0) is 7.23. The van der Waals surface area contributed by atoms with Crippen LogP contribution >= 0.6 is 9.90 Å². The molecular formula is C10H17P. The first-order chi connectivity index (χ1) is 4.93. The Hall–Kier alpha value is -0.350. The second-order valence-electron chi connectivity index (χ2n) is 2.59. The summed E-state index contributed by atoms with van der Waals surface area (Å²) in [6.07, 6.45) is 3.83. The summed E-state index contributed by atoms with van der Waals surface area (Å²) in [6, 6.07) is 10.6. The van der Waals surface area contributed by atoms with E-state index in [1.807, 2.05) is 0 Å². The highest BCUT2D eigenvalue weighted by atomic mass is 31.0. The van der Waals surface area contributed by atoms with E-state index in [2.05, 4.69) is 37.3 Å². The SMILES string of the molecule is CCCCc1ccccc1.P. The van der Waals surface area contributed by atoms with Gasteiger partial charge in [0.15, 0.2) is 0 Å². The summed E-state index contributed by atoms with van der Waals surface area (Å²) >= 11 is 0. The van der Waals surface area contributed by atoms with Gasteiger partial charge in [-0.3, -0.25) is 0 Å². The Morgan fingerprint density at radius 1 is 1.09 bits per heavy atom. The quantitative estimate of drug-likeness (QED) is 0.608. The van der Waals surface area contributed by atoms with Gasteiger partial charge < -0.3 is 0 Å². The number of unbranched alkanes of at least 4 members (excludes halogenated alkanes) is 1. The van der Waals surface area contributed by atoms with Crippen LogP contribution in [-0.2, 0) is 6.42 Å². The largest absolute Gasteiger partial charge is 0.153 e. The molecule has 0 saturated heterocycles. The van der Waals surface area contributed by atoms with Crippen molar-refractivity contribution < 1.29 is 0 Å². The topological polar surface area (TPSA) is 0 Å². The minimum Gasteiger partial charge on any atom is -0.153 e. The van der Waals surface area contributed by atoms with E-state index in [1.54, 1.807) is 0 Å². The lowest BCUT2D eigenvalue weighted by atomic mass is 10.1. The third kappa shape index (κ3) is 4.16. The number of hydrogen-bond donors (Lipinski definition) is 0. The monoisotopic (exact) mass is 168 g/mol. The molecule has 1 heteroatoms. The van der Waals surface area contributed by atoms with Crippen LogP contribution in [0.5, 0.6) is 0 Å². The van der Waals surface area contributed by atoms with Gasteiger partial charge in [0.1, 0.15) is 0 Å². The number of benzene rings is 1. The van der Waals surface area contributed by atoms with E-state index in [0.29, 0.717) is 0 Å². The van der Waals surface area contributed by atoms with Crippen molar-refractivity contribution in [1.82, 2.24) is 0 Å². The van der Waals surface area contributed by atoms with Gasteiger partial charge in [0.2, 0.25) is 0 Å². The zero-order valence-electron chi connectivity index (χ0n) is 7.22. The Bertz CT molecular complexity index is 169. The van der Waals surface area contributed by atoms with Crippen molar-refractivity contribution in [2.75, 3.05) is 0 Å². The maximum absolute atomic E-state index is 2.23. The van der Waals surface area contributed by atoms with Crippen LogP contribution in [0, 0.1) is 0 Å². The lowest BCUT2D eigenvalue weighted by Crippen LogP contribution is -1.81. The Balaban J connectivity index is 0.000001000. The van der Waals surface area contributed by atoms with Gasteiger partial charge in [-0.25, -0.2) is 0 Å². The highest BCUT2D eigenvalue weighted by Gasteiger charge is 1.87. The van der Waals surface area contributed by atoms with E-state index in [0.717, 1.165) is 0 Å². The van der Waals surface area contributed by atoms with Crippen molar-refractivity contribution >= 4 is 9.90 Å². The molecule has 0 aliphatic rings. The first kappa shape index (κ1) is 10.7. The molecule has 1 unspecified atom stereocenters. The standard InChI is InChI=1S/C10H14.H3P/c1-2-3-7-10-8-5-4-6-9-10;/h4-6,8-9H,2-3,7H2,1H3;1H3. The number of aryl methyl sites for hydroxylation is 1. The molecule has 1 rings (SSSR count). The highest BCUT2D eigenvalue weighted by Crippen LogP contribution is 2.03. The smallest absolute Gasteiger partial charge is 0.0279 e. The Morgan fingerprint density at radius 3 is 2.27 bits per heavy atom. The molecule has 0 fully saturated rings. The van der Waals surface area contributed by atoms with Crippen LogP contribution in [0.1, 0.15) is 25.3 Å². The second-order valence-corrected chi connectivity index (χ2v) is 2.59. The summed E-state index contributed by atoms with van der Waals surface area (Å²) in [7, 11) is 0. The molecule has 0 aliphatic heterocycles. The average Bonchev–Trinajstić information content (AvgIpc) is 2.03. The van der Waals surface area contributed by atoms with Crippen molar-refractivity contribution in [2.24, 2.45) is 0 Å². The fraction of sp³-hybridized carbons (Fsp3) is 0.400. The highest BCUT2D eigenvalue weighted by molar-refractivity contribution is 6.92. The molecule has 0 N–H and O–H groups in total. The van der Waals surface area contributed by atoms with Gasteiger partial charge in [-0.15, -0.1) is 0 Å². The summed E-state index contributed by atoms with van der Waals surface area (Å²) < 4.78 is 0. The van der Waals surface area contributed by atoms with Crippen molar-refractivity contribution in [1.29, 1.82) is 0 Å². The van der Waals surface area contributed by atoms with Gasteiger partial charge in [0, 0.05) is 0 Å². The maximum Gasteiger partial charge on any atom is -0.0279 e. The lowest BCUT2D eigenvalue weighted by Gasteiger charge is -1.96. The maximum atomic E-state index is 2.23. The number of hydrogen-bond acceptors (Lipinski definition) is 0. The van der Waals surface area contributed by atoms with Gasteiger partial charge in [0.05, 0.1) is 0 Å². The Kier molecular flexibility index (Phi) is 6.16. The van der Waals surface area contributed by atoms with Gasteiger partial charge in [-0.2, -0.15) is 9.90 Å². The molecule has 0 aromatic heterocycles. The minimum absolute atomic E-state index is 0. The van der Waals surface area contributed by atoms with Crippen LogP contribution < -0.4 is 0 Å². The Labute approximate surface area is 72.6 Å². The van der Waals surface area contributed by atoms with Gasteiger partial charge in [0.25, 0.3) is 0 Å². The van der Waals surface area contributed by atoms with Crippen molar-refractivity contribution in [3.63, 3.8) is 0 Å². The molecule has 0 radical (unpaired) electrons. The first-order valence-corrected chi connectivity index (χ1v) is 3.97. The molecule has 0 spiro atoms. The molecule has 0 aliphatic carbocycles. The summed E-state index contributed by atoms with van der Waals surface area (Å²) in [6.45, 7) is 2.23. The fourth-order valence-electron chi connectivity index (χ4n) is 1.03. The second kappa shape index (κ2) is 6.37. The van der Waals surface area contributed by atoms with Crippen molar-refractivity contribution in [3.05, 3.63) is 35.9 Å². The lowest BCUT2D eigenvalue weighted by molar-refractivity contribution is 0.795. The summed E-state index contributed by atoms with van der Waals surface area (Å²) in [5.74, 6) is 0. The van der Waals surface area contributed by atoms with Crippen LogP contribution in [0.15, 0.2) is 30.3 Å². The van der Waals surface area contributed by atoms with E-state index >= 15 is 0 Å². The first-order valence-electron chi connectivity index (χ1n) is 3.97.